The van der Waals surface area contributed by atoms with Crippen LogP contribution in [0.3, 0.4) is 0 Å². The number of amides is 3. The van der Waals surface area contributed by atoms with Crippen molar-refractivity contribution in [3.8, 4) is 11.1 Å². The molecule has 0 bridgehead atoms. The van der Waals surface area contributed by atoms with Gasteiger partial charge in [0.15, 0.2) is 5.17 Å². The highest BCUT2D eigenvalue weighted by atomic mass is 35.5. The minimum Gasteiger partial charge on any atom is -0.444 e. The fourth-order valence-corrected chi connectivity index (χ4v) is 11.0. The van der Waals surface area contributed by atoms with E-state index in [1.807, 2.05) is 72.8 Å². The number of hydrogen-bond acceptors (Lipinski definition) is 8. The summed E-state index contributed by atoms with van der Waals surface area (Å²) in [6.45, 7) is 8.38. The summed E-state index contributed by atoms with van der Waals surface area (Å²) in [4.78, 5) is 54.4. The molecule has 4 atom stereocenters. The third-order valence-corrected chi connectivity index (χ3v) is 13.7. The number of nitrogens with zero attached hydrogens (tertiary/aromatic N) is 4. The Morgan fingerprint density at radius 3 is 2.14 bits per heavy atom. The summed E-state index contributed by atoms with van der Waals surface area (Å²) >= 11 is 14.0. The molecule has 0 radical (unpaired) electrons. The molecule has 9 rings (SSSR count). The van der Waals surface area contributed by atoms with Gasteiger partial charge in [-0.2, -0.15) is 0 Å². The van der Waals surface area contributed by atoms with Crippen molar-refractivity contribution in [3.63, 3.8) is 0 Å². The normalized spacial score (nSPS) is 23.7. The molecule has 13 heteroatoms. The van der Waals surface area contributed by atoms with Gasteiger partial charge < -0.3 is 29.5 Å². The van der Waals surface area contributed by atoms with Gasteiger partial charge in [-0.05, 0) is 82.2 Å². The molecule has 0 saturated carbocycles. The van der Waals surface area contributed by atoms with Gasteiger partial charge in [0, 0.05) is 47.7 Å². The van der Waals surface area contributed by atoms with Gasteiger partial charge >= 0.3 is 6.09 Å². The molecule has 2 saturated heterocycles. The summed E-state index contributed by atoms with van der Waals surface area (Å²) in [5.41, 5.74) is 6.71. The largest absolute Gasteiger partial charge is 0.444 e. The molecule has 4 aromatic carbocycles. The molecule has 0 unspecified atom stereocenters. The Bertz CT molecular complexity index is 2320. The van der Waals surface area contributed by atoms with Gasteiger partial charge in [0.2, 0.25) is 5.91 Å². The van der Waals surface area contributed by atoms with Crippen LogP contribution >= 0.6 is 35.0 Å². The highest BCUT2D eigenvalue weighted by Crippen LogP contribution is 2.56. The van der Waals surface area contributed by atoms with Crippen LogP contribution < -0.4 is 5.32 Å². The van der Waals surface area contributed by atoms with Crippen LogP contribution in [-0.4, -0.2) is 89.3 Å². The SMILES string of the molecule is CC(C)C1=C(C(=O)N2C[C@@H](OC(=O)NCC3c4ccccc4-c4ccccc43)C[C@H]2C(=O)N2CCOCC2)SC2=N[C@@](C)(c3ccc(Cl)cc3)[C@@H](c3ccc(Cl)cc3)N21. The number of morpholine rings is 1. The highest BCUT2D eigenvalue weighted by molar-refractivity contribution is 8.18. The van der Waals surface area contributed by atoms with Crippen molar-refractivity contribution in [2.75, 3.05) is 39.4 Å². The number of allylic oxidation sites excluding steroid dienone is 1. The number of benzene rings is 4. The van der Waals surface area contributed by atoms with Crippen LogP contribution in [0.1, 0.15) is 61.4 Å². The lowest BCUT2D eigenvalue weighted by atomic mass is 9.81. The Morgan fingerprint density at radius 2 is 1.51 bits per heavy atom. The number of hydrogen-bond donors (Lipinski definition) is 1. The number of nitrogens with one attached hydrogen (secondary N) is 1. The Balaban J connectivity index is 0.997. The lowest BCUT2D eigenvalue weighted by Gasteiger charge is -2.37. The second-order valence-corrected chi connectivity index (χ2v) is 18.0. The van der Waals surface area contributed by atoms with E-state index >= 15 is 4.79 Å². The lowest BCUT2D eigenvalue weighted by molar-refractivity contribution is -0.144. The smallest absolute Gasteiger partial charge is 0.407 e. The maximum atomic E-state index is 15.1. The third kappa shape index (κ3) is 7.19. The molecule has 1 aliphatic carbocycles. The van der Waals surface area contributed by atoms with Crippen LogP contribution in [0.4, 0.5) is 4.79 Å². The zero-order valence-corrected chi connectivity index (χ0v) is 35.4. The number of rotatable bonds is 8. The van der Waals surface area contributed by atoms with Crippen LogP contribution in [0, 0.1) is 5.92 Å². The van der Waals surface area contributed by atoms with E-state index in [0.29, 0.717) is 53.0 Å². The Morgan fingerprint density at radius 1 is 0.898 bits per heavy atom. The summed E-state index contributed by atoms with van der Waals surface area (Å²) in [5.74, 6) is -0.565. The number of likely N-dealkylation sites (tertiary alicyclic amines) is 1. The number of carbonyl (C=O) groups excluding carboxylic acids is 3. The predicted molar refractivity (Wildman–Crippen MR) is 231 cm³/mol. The maximum absolute atomic E-state index is 15.1. The number of halogens is 2. The van der Waals surface area contributed by atoms with Gasteiger partial charge in [0.05, 0.1) is 25.8 Å². The number of alkyl carbamates (subject to hydrolysis) is 1. The second kappa shape index (κ2) is 16.0. The third-order valence-electron chi connectivity index (χ3n) is 12.2. The van der Waals surface area contributed by atoms with Gasteiger partial charge in [0.25, 0.3) is 5.91 Å². The van der Waals surface area contributed by atoms with E-state index in [1.54, 1.807) is 9.80 Å². The topological polar surface area (TPSA) is 104 Å². The minimum absolute atomic E-state index is 0.0244. The quantitative estimate of drug-likeness (QED) is 0.190. The maximum Gasteiger partial charge on any atom is 0.407 e. The number of fused-ring (bicyclic) bond motifs is 4. The van der Waals surface area contributed by atoms with Crippen LogP contribution in [0.2, 0.25) is 10.0 Å². The Labute approximate surface area is 358 Å². The molecule has 10 nitrogen and oxygen atoms in total. The van der Waals surface area contributed by atoms with Gasteiger partial charge in [-0.25, -0.2) is 9.79 Å². The number of ether oxygens (including phenoxy) is 2. The standard InChI is InChI=1S/C46H45Cl2N5O5S/c1-27(2)39-40(59-44-50-46(3,29-14-18-31(48)19-15-29)41(53(39)44)28-12-16-30(47)17-13-28)43(55)52-26-32(24-38(52)42(54)51-20-22-57-23-21-51)58-45(56)49-25-37-35-10-6-4-8-33(35)34-9-5-7-11-36(34)37/h4-19,27,32,37-38,41H,20-26H2,1-3H3,(H,49,56)/t32-,38-,41+,46-/m0/s1. The van der Waals surface area contributed by atoms with Crippen molar-refractivity contribution in [2.24, 2.45) is 10.9 Å². The average molecular weight is 851 g/mol. The van der Waals surface area contributed by atoms with Gasteiger partial charge in [-0.15, -0.1) is 0 Å². The summed E-state index contributed by atoms with van der Waals surface area (Å²) < 4.78 is 11.6. The molecule has 304 valence electrons. The van der Waals surface area contributed by atoms with Crippen molar-refractivity contribution in [1.29, 1.82) is 0 Å². The molecule has 5 aliphatic rings. The number of carbonyl (C=O) groups is 3. The molecule has 0 aromatic heterocycles. The summed E-state index contributed by atoms with van der Waals surface area (Å²) in [7, 11) is 0. The summed E-state index contributed by atoms with van der Waals surface area (Å²) in [5, 5.41) is 4.96. The van der Waals surface area contributed by atoms with Crippen molar-refractivity contribution >= 4 is 58.0 Å². The molecule has 0 spiro atoms. The van der Waals surface area contributed by atoms with Gasteiger partial charge in [0.1, 0.15) is 22.6 Å². The number of thioether (sulfide) groups is 1. The van der Waals surface area contributed by atoms with Crippen LogP contribution in [0.5, 0.6) is 0 Å². The molecular formula is C46H45Cl2N5O5S. The molecule has 3 amide bonds. The average Bonchev–Trinajstić information content (AvgIpc) is 3.99. The van der Waals surface area contributed by atoms with E-state index in [1.165, 1.54) is 11.8 Å². The minimum atomic E-state index is -0.822. The number of aliphatic imine (C=N–C) groups is 1. The molecule has 1 N–H and O–H groups in total. The number of amidine groups is 1. The van der Waals surface area contributed by atoms with Crippen molar-refractivity contribution in [2.45, 2.75) is 56.8 Å². The molecule has 4 heterocycles. The first-order valence-electron chi connectivity index (χ1n) is 20.1. The zero-order valence-electron chi connectivity index (χ0n) is 33.1. The molecule has 4 aromatic rings. The van der Waals surface area contributed by atoms with Crippen LogP contribution in [-0.2, 0) is 24.6 Å². The van der Waals surface area contributed by atoms with E-state index in [4.69, 9.17) is 37.7 Å². The first-order valence-corrected chi connectivity index (χ1v) is 21.7. The highest BCUT2D eigenvalue weighted by Gasteiger charge is 2.54. The van der Waals surface area contributed by atoms with E-state index in [2.05, 4.69) is 55.3 Å². The van der Waals surface area contributed by atoms with E-state index < -0.39 is 23.8 Å². The zero-order chi connectivity index (χ0) is 41.0. The molecule has 4 aliphatic heterocycles. The van der Waals surface area contributed by atoms with Crippen LogP contribution in [0.15, 0.2) is 113 Å². The summed E-state index contributed by atoms with van der Waals surface area (Å²) in [6.07, 6.45) is -1.09. The monoisotopic (exact) mass is 849 g/mol. The van der Waals surface area contributed by atoms with Crippen molar-refractivity contribution < 1.29 is 23.9 Å². The fourth-order valence-electron chi connectivity index (χ4n) is 9.39. The molecule has 59 heavy (non-hydrogen) atoms. The lowest BCUT2D eigenvalue weighted by Crippen LogP contribution is -2.51. The van der Waals surface area contributed by atoms with Gasteiger partial charge in [-0.3, -0.25) is 9.59 Å². The van der Waals surface area contributed by atoms with E-state index in [9.17, 15) is 9.59 Å². The Hall–Kier alpha value is -4.81. The molecular weight excluding hydrogens is 806 g/mol. The molecule has 2 fully saturated rings. The van der Waals surface area contributed by atoms with Crippen LogP contribution in [0.25, 0.3) is 11.1 Å². The van der Waals surface area contributed by atoms with E-state index in [0.717, 1.165) is 39.1 Å². The van der Waals surface area contributed by atoms with E-state index in [-0.39, 0.29) is 42.7 Å². The first kappa shape index (κ1) is 39.6. The first-order chi connectivity index (χ1) is 28.5. The van der Waals surface area contributed by atoms with Gasteiger partial charge in [-0.1, -0.05) is 110 Å². The predicted octanol–water partition coefficient (Wildman–Crippen LogP) is 8.60. The van der Waals surface area contributed by atoms with Crippen molar-refractivity contribution in [3.05, 3.63) is 140 Å². The fraction of sp³-hybridized carbons (Fsp3) is 0.348. The summed E-state index contributed by atoms with van der Waals surface area (Å²) in [6, 6.07) is 30.9. The Kier molecular flexibility index (Phi) is 10.7. The van der Waals surface area contributed by atoms with Crippen molar-refractivity contribution in [1.82, 2.24) is 20.0 Å². The second-order valence-electron chi connectivity index (χ2n) is 16.1.